The molecule has 1 atom stereocenters. The molecule has 2 heterocycles. The summed E-state index contributed by atoms with van der Waals surface area (Å²) in [6.07, 6.45) is 1.98. The number of nitrogens with one attached hydrogen (secondary N) is 1. The van der Waals surface area contributed by atoms with E-state index in [4.69, 9.17) is 4.74 Å². The molecule has 0 fully saturated rings. The molecule has 0 saturated heterocycles. The highest BCUT2D eigenvalue weighted by molar-refractivity contribution is 5.92. The van der Waals surface area contributed by atoms with Crippen molar-refractivity contribution in [2.75, 3.05) is 25.5 Å². The van der Waals surface area contributed by atoms with Crippen LogP contribution in [-0.4, -0.2) is 52.5 Å². The Morgan fingerprint density at radius 2 is 1.79 bits per heavy atom. The highest BCUT2D eigenvalue weighted by Gasteiger charge is 2.34. The van der Waals surface area contributed by atoms with E-state index in [2.05, 4.69) is 9.88 Å². The molecule has 0 aliphatic carbocycles. The average Bonchev–Trinajstić information content (AvgIpc) is 3.31. The zero-order chi connectivity index (χ0) is 24.2. The van der Waals surface area contributed by atoms with Crippen molar-refractivity contribution >= 4 is 17.6 Å². The fraction of sp³-hybridized carbons (Fsp3) is 0.308. The van der Waals surface area contributed by atoms with Gasteiger partial charge in [0, 0.05) is 36.7 Å². The van der Waals surface area contributed by atoms with Crippen molar-refractivity contribution in [2.24, 2.45) is 0 Å². The van der Waals surface area contributed by atoms with Gasteiger partial charge in [0.1, 0.15) is 18.1 Å². The number of aromatic nitrogens is 1. The topological polar surface area (TPSA) is 66.8 Å². The lowest BCUT2D eigenvalue weighted by atomic mass is 9.99. The molecular formula is C26H29FN4O3. The number of rotatable bonds is 6. The summed E-state index contributed by atoms with van der Waals surface area (Å²) in [6, 6.07) is 16.3. The first-order valence-electron chi connectivity index (χ1n) is 11.3. The molecule has 1 aliphatic rings. The molecule has 0 saturated carbocycles. The van der Waals surface area contributed by atoms with Crippen LogP contribution < -0.4 is 10.1 Å². The molecule has 0 bridgehead atoms. The number of benzene rings is 2. The van der Waals surface area contributed by atoms with Gasteiger partial charge in [-0.15, -0.1) is 0 Å². The number of urea groups is 1. The van der Waals surface area contributed by atoms with Gasteiger partial charge in [0.15, 0.2) is 0 Å². The summed E-state index contributed by atoms with van der Waals surface area (Å²) in [4.78, 5) is 29.9. The number of carbonyl (C=O) groups excluding carboxylic acids is 2. The molecular weight excluding hydrogens is 435 g/mol. The molecule has 7 nitrogen and oxygen atoms in total. The van der Waals surface area contributed by atoms with Crippen molar-refractivity contribution in [1.82, 2.24) is 14.4 Å². The molecule has 1 N–H and O–H groups in total. The summed E-state index contributed by atoms with van der Waals surface area (Å²) >= 11 is 0. The van der Waals surface area contributed by atoms with E-state index in [-0.39, 0.29) is 36.4 Å². The largest absolute Gasteiger partial charge is 0.497 e. The molecule has 0 radical (unpaired) electrons. The summed E-state index contributed by atoms with van der Waals surface area (Å²) in [5, 5.41) is 2.86. The van der Waals surface area contributed by atoms with Gasteiger partial charge < -0.3 is 24.4 Å². The van der Waals surface area contributed by atoms with Crippen molar-refractivity contribution in [3.63, 3.8) is 0 Å². The fourth-order valence-electron chi connectivity index (χ4n) is 4.24. The number of anilines is 1. The number of hydrogen-bond acceptors (Lipinski definition) is 3. The normalized spacial score (nSPS) is 15.1. The predicted octanol–water partition coefficient (Wildman–Crippen LogP) is 4.51. The number of amides is 3. The third-order valence-corrected chi connectivity index (χ3v) is 6.08. The Hall–Kier alpha value is -3.81. The quantitative estimate of drug-likeness (QED) is 0.584. The first-order chi connectivity index (χ1) is 16.4. The number of fused-ring (bicyclic) bond motifs is 1. The van der Waals surface area contributed by atoms with Crippen LogP contribution in [0.25, 0.3) is 0 Å². The molecule has 8 heteroatoms. The molecule has 3 aromatic rings. The Kier molecular flexibility index (Phi) is 6.86. The number of halogens is 1. The third kappa shape index (κ3) is 4.90. The second-order valence-electron chi connectivity index (χ2n) is 8.55. The number of methoxy groups -OCH3 is 1. The molecule has 178 valence electrons. The lowest BCUT2D eigenvalue weighted by Gasteiger charge is -2.39. The van der Waals surface area contributed by atoms with E-state index in [1.54, 1.807) is 48.4 Å². The monoisotopic (exact) mass is 464 g/mol. The highest BCUT2D eigenvalue weighted by atomic mass is 19.1. The molecule has 1 unspecified atom stereocenters. The lowest BCUT2D eigenvalue weighted by Crippen LogP contribution is -2.50. The van der Waals surface area contributed by atoms with Crippen LogP contribution in [0.3, 0.4) is 0 Å². The Balaban J connectivity index is 1.54. The summed E-state index contributed by atoms with van der Waals surface area (Å²) < 4.78 is 20.8. The van der Waals surface area contributed by atoms with E-state index in [0.717, 1.165) is 11.3 Å². The van der Waals surface area contributed by atoms with Gasteiger partial charge in [-0.3, -0.25) is 4.79 Å². The predicted molar refractivity (Wildman–Crippen MR) is 128 cm³/mol. The van der Waals surface area contributed by atoms with E-state index in [1.165, 1.54) is 17.0 Å². The summed E-state index contributed by atoms with van der Waals surface area (Å²) in [5.74, 6) is 0.199. The Morgan fingerprint density at radius 3 is 2.44 bits per heavy atom. The van der Waals surface area contributed by atoms with Crippen molar-refractivity contribution < 1.29 is 18.7 Å². The molecule has 2 aromatic carbocycles. The van der Waals surface area contributed by atoms with E-state index in [1.807, 2.05) is 32.2 Å². The van der Waals surface area contributed by atoms with Crippen molar-refractivity contribution in [3.8, 4) is 5.75 Å². The van der Waals surface area contributed by atoms with Crippen LogP contribution in [0.2, 0.25) is 0 Å². The van der Waals surface area contributed by atoms with Crippen LogP contribution >= 0.6 is 0 Å². The maximum atomic E-state index is 13.6. The van der Waals surface area contributed by atoms with Crippen molar-refractivity contribution in [1.29, 1.82) is 0 Å². The second-order valence-corrected chi connectivity index (χ2v) is 8.55. The van der Waals surface area contributed by atoms with Crippen LogP contribution in [0.15, 0.2) is 66.9 Å². The summed E-state index contributed by atoms with van der Waals surface area (Å²) in [7, 11) is 1.58. The van der Waals surface area contributed by atoms with E-state index < -0.39 is 0 Å². The van der Waals surface area contributed by atoms with Crippen LogP contribution in [0.1, 0.15) is 31.1 Å². The molecule has 34 heavy (non-hydrogen) atoms. The maximum absolute atomic E-state index is 13.6. The maximum Gasteiger partial charge on any atom is 0.322 e. The van der Waals surface area contributed by atoms with Gasteiger partial charge in [-0.25, -0.2) is 9.18 Å². The van der Waals surface area contributed by atoms with Crippen molar-refractivity contribution in [2.45, 2.75) is 32.5 Å². The Bertz CT molecular complexity index is 1140. The summed E-state index contributed by atoms with van der Waals surface area (Å²) in [6.45, 7) is 4.83. The zero-order valence-electron chi connectivity index (χ0n) is 19.6. The molecule has 3 amide bonds. The van der Waals surface area contributed by atoms with Crippen LogP contribution in [0, 0.1) is 5.82 Å². The van der Waals surface area contributed by atoms with Gasteiger partial charge in [-0.2, -0.15) is 0 Å². The fourth-order valence-corrected chi connectivity index (χ4v) is 4.24. The Labute approximate surface area is 198 Å². The number of nitrogens with zero attached hydrogens (tertiary/aromatic N) is 3. The SMILES string of the molecule is COc1ccc(NC(=O)N(CC(=O)N2CCn3cccc3C2c2ccc(F)cc2)C(C)C)cc1. The molecule has 1 aromatic heterocycles. The number of carbonyl (C=O) groups is 2. The minimum atomic E-state index is -0.354. The first kappa shape index (κ1) is 23.4. The highest BCUT2D eigenvalue weighted by Crippen LogP contribution is 2.32. The number of ether oxygens (including phenoxy) is 1. The van der Waals surface area contributed by atoms with Gasteiger partial charge >= 0.3 is 6.03 Å². The van der Waals surface area contributed by atoms with Crippen LogP contribution in [0.5, 0.6) is 5.75 Å². The molecule has 4 rings (SSSR count). The van der Waals surface area contributed by atoms with Gasteiger partial charge in [0.05, 0.1) is 13.2 Å². The van der Waals surface area contributed by atoms with E-state index in [9.17, 15) is 14.0 Å². The minimum absolute atomic E-state index is 0.0714. The minimum Gasteiger partial charge on any atom is -0.497 e. The first-order valence-corrected chi connectivity index (χ1v) is 11.3. The summed E-state index contributed by atoms with van der Waals surface area (Å²) in [5.41, 5.74) is 2.40. The van der Waals surface area contributed by atoms with Crippen LogP contribution in [-0.2, 0) is 11.3 Å². The molecule has 1 aliphatic heterocycles. The van der Waals surface area contributed by atoms with Gasteiger partial charge in [-0.05, 0) is 67.9 Å². The van der Waals surface area contributed by atoms with Crippen molar-refractivity contribution in [3.05, 3.63) is 83.9 Å². The second kappa shape index (κ2) is 9.99. The van der Waals surface area contributed by atoms with E-state index >= 15 is 0 Å². The van der Waals surface area contributed by atoms with Gasteiger partial charge in [0.2, 0.25) is 5.91 Å². The van der Waals surface area contributed by atoms with Crippen LogP contribution in [0.4, 0.5) is 14.9 Å². The third-order valence-electron chi connectivity index (χ3n) is 6.08. The Morgan fingerprint density at radius 1 is 1.09 bits per heavy atom. The standard InChI is InChI=1S/C26H29FN4O3/c1-18(2)31(26(33)28-21-10-12-22(34-3)13-11-21)17-24(32)30-16-15-29-14-4-5-23(29)25(30)19-6-8-20(27)9-7-19/h4-14,18,25H,15-17H2,1-3H3,(H,28,33). The average molecular weight is 465 g/mol. The van der Waals surface area contributed by atoms with E-state index in [0.29, 0.717) is 24.5 Å². The smallest absolute Gasteiger partial charge is 0.322 e. The lowest BCUT2D eigenvalue weighted by molar-refractivity contribution is -0.134. The zero-order valence-corrected chi connectivity index (χ0v) is 19.6. The van der Waals surface area contributed by atoms with Gasteiger partial charge in [-0.1, -0.05) is 12.1 Å². The van der Waals surface area contributed by atoms with Gasteiger partial charge in [0.25, 0.3) is 0 Å². The number of hydrogen-bond donors (Lipinski definition) is 1. The molecule has 0 spiro atoms.